The molecule has 3 rings (SSSR count). The Labute approximate surface area is 120 Å². The summed E-state index contributed by atoms with van der Waals surface area (Å²) < 4.78 is 0. The van der Waals surface area contributed by atoms with Crippen LogP contribution < -0.4 is 0 Å². The zero-order valence-corrected chi connectivity index (χ0v) is 11.6. The van der Waals surface area contributed by atoms with E-state index in [4.69, 9.17) is 5.11 Å². The van der Waals surface area contributed by atoms with Crippen molar-refractivity contribution in [1.29, 1.82) is 0 Å². The van der Waals surface area contributed by atoms with E-state index >= 15 is 0 Å². The molecule has 7 heteroatoms. The number of likely N-dealkylation sites (tertiary alicyclic amines) is 1. The summed E-state index contributed by atoms with van der Waals surface area (Å²) in [5.41, 5.74) is 0.972. The summed E-state index contributed by atoms with van der Waals surface area (Å²) in [6, 6.07) is 3.84. The minimum Gasteiger partial charge on any atom is -0.465 e. The van der Waals surface area contributed by atoms with Gasteiger partial charge in [-0.05, 0) is 25.0 Å². The minimum absolute atomic E-state index is 0.313. The SMILES string of the molecule is O=C(O)N1CCC(c2nnc(-c3cccnc3)s2)CC1. The molecule has 1 fully saturated rings. The lowest BCUT2D eigenvalue weighted by Crippen LogP contribution is -2.36. The first-order valence-electron chi connectivity index (χ1n) is 6.45. The average molecular weight is 290 g/mol. The van der Waals surface area contributed by atoms with Crippen molar-refractivity contribution < 1.29 is 9.90 Å². The average Bonchev–Trinajstić information content (AvgIpc) is 2.98. The number of hydrogen-bond acceptors (Lipinski definition) is 5. The maximum atomic E-state index is 10.9. The van der Waals surface area contributed by atoms with E-state index in [1.54, 1.807) is 23.7 Å². The second-order valence-corrected chi connectivity index (χ2v) is 5.74. The highest BCUT2D eigenvalue weighted by Gasteiger charge is 2.26. The molecule has 1 saturated heterocycles. The highest BCUT2D eigenvalue weighted by atomic mass is 32.1. The number of rotatable bonds is 2. The number of aromatic nitrogens is 3. The third-order valence-corrected chi connectivity index (χ3v) is 4.60. The topological polar surface area (TPSA) is 79.2 Å². The Morgan fingerprint density at radius 1 is 1.35 bits per heavy atom. The fourth-order valence-electron chi connectivity index (χ4n) is 2.32. The summed E-state index contributed by atoms with van der Waals surface area (Å²) in [6.45, 7) is 1.14. The van der Waals surface area contributed by atoms with Gasteiger partial charge in [0.15, 0.2) is 0 Å². The van der Waals surface area contributed by atoms with Crippen molar-refractivity contribution in [2.45, 2.75) is 18.8 Å². The van der Waals surface area contributed by atoms with Crippen molar-refractivity contribution in [3.63, 3.8) is 0 Å². The predicted molar refractivity (Wildman–Crippen MR) is 74.7 cm³/mol. The molecule has 1 aliphatic rings. The first-order valence-corrected chi connectivity index (χ1v) is 7.27. The molecule has 2 aromatic heterocycles. The second kappa shape index (κ2) is 5.54. The van der Waals surface area contributed by atoms with E-state index in [-0.39, 0.29) is 0 Å². The van der Waals surface area contributed by atoms with E-state index in [0.717, 1.165) is 28.4 Å². The first-order chi connectivity index (χ1) is 9.74. The molecule has 6 nitrogen and oxygen atoms in total. The maximum Gasteiger partial charge on any atom is 0.407 e. The van der Waals surface area contributed by atoms with Crippen LogP contribution in [0.2, 0.25) is 0 Å². The third-order valence-electron chi connectivity index (χ3n) is 3.46. The summed E-state index contributed by atoms with van der Waals surface area (Å²) in [4.78, 5) is 16.4. The quantitative estimate of drug-likeness (QED) is 0.919. The molecule has 0 unspecified atom stereocenters. The fourth-order valence-corrected chi connectivity index (χ4v) is 3.33. The molecule has 2 aromatic rings. The summed E-state index contributed by atoms with van der Waals surface area (Å²) in [5.74, 6) is 0.313. The maximum absolute atomic E-state index is 10.9. The summed E-state index contributed by atoms with van der Waals surface area (Å²) in [6.07, 6.45) is 4.29. The van der Waals surface area contributed by atoms with Gasteiger partial charge in [0.1, 0.15) is 10.0 Å². The molecule has 1 N–H and O–H groups in total. The number of carboxylic acid groups (broad SMARTS) is 1. The predicted octanol–water partition coefficient (Wildman–Crippen LogP) is 2.46. The van der Waals surface area contributed by atoms with Gasteiger partial charge >= 0.3 is 6.09 Å². The van der Waals surface area contributed by atoms with E-state index in [1.807, 2.05) is 12.1 Å². The van der Waals surface area contributed by atoms with E-state index in [9.17, 15) is 4.79 Å². The monoisotopic (exact) mass is 290 g/mol. The number of piperidine rings is 1. The Hall–Kier alpha value is -2.02. The van der Waals surface area contributed by atoms with Crippen LogP contribution in [0.1, 0.15) is 23.8 Å². The number of amides is 1. The van der Waals surface area contributed by atoms with Crippen molar-refractivity contribution >= 4 is 17.4 Å². The van der Waals surface area contributed by atoms with E-state index in [1.165, 1.54) is 4.90 Å². The number of pyridine rings is 1. The molecule has 0 aliphatic carbocycles. The Morgan fingerprint density at radius 2 is 2.15 bits per heavy atom. The van der Waals surface area contributed by atoms with Gasteiger partial charge in [0.05, 0.1) is 0 Å². The molecule has 3 heterocycles. The molecule has 0 aromatic carbocycles. The molecule has 0 bridgehead atoms. The zero-order chi connectivity index (χ0) is 13.9. The van der Waals surface area contributed by atoms with Crippen molar-refractivity contribution in [3.8, 4) is 10.6 Å². The van der Waals surface area contributed by atoms with Crippen molar-refractivity contribution in [2.24, 2.45) is 0 Å². The van der Waals surface area contributed by atoms with Gasteiger partial charge in [-0.2, -0.15) is 0 Å². The normalized spacial score (nSPS) is 16.3. The van der Waals surface area contributed by atoms with Crippen LogP contribution in [0, 0.1) is 0 Å². The van der Waals surface area contributed by atoms with Gasteiger partial charge in [-0.15, -0.1) is 10.2 Å². The standard InChI is InChI=1S/C13H14N4O2S/c18-13(19)17-6-3-9(4-7-17)11-15-16-12(20-11)10-2-1-5-14-8-10/h1-2,5,8-9H,3-4,6-7H2,(H,18,19). The molecule has 1 aliphatic heterocycles. The zero-order valence-electron chi connectivity index (χ0n) is 10.8. The van der Waals surface area contributed by atoms with Gasteiger partial charge in [0, 0.05) is 37.0 Å². The van der Waals surface area contributed by atoms with Crippen LogP contribution in [0.5, 0.6) is 0 Å². The fraction of sp³-hybridized carbons (Fsp3) is 0.385. The molecule has 20 heavy (non-hydrogen) atoms. The summed E-state index contributed by atoms with van der Waals surface area (Å²) >= 11 is 1.57. The number of carbonyl (C=O) groups is 1. The Balaban J connectivity index is 1.71. The smallest absolute Gasteiger partial charge is 0.407 e. The summed E-state index contributed by atoms with van der Waals surface area (Å²) in [7, 11) is 0. The number of hydrogen-bond donors (Lipinski definition) is 1. The van der Waals surface area contributed by atoms with Gasteiger partial charge in [-0.25, -0.2) is 4.79 Å². The Bertz CT molecular complexity index is 593. The molecule has 104 valence electrons. The van der Waals surface area contributed by atoms with Gasteiger partial charge in [-0.3, -0.25) is 4.98 Å². The van der Waals surface area contributed by atoms with E-state index < -0.39 is 6.09 Å². The van der Waals surface area contributed by atoms with Crippen molar-refractivity contribution in [2.75, 3.05) is 13.1 Å². The molecule has 0 spiro atoms. The van der Waals surface area contributed by atoms with Crippen LogP contribution in [-0.4, -0.2) is 44.4 Å². The Morgan fingerprint density at radius 3 is 2.80 bits per heavy atom. The lowest BCUT2D eigenvalue weighted by molar-refractivity contribution is 0.132. The van der Waals surface area contributed by atoms with Gasteiger partial charge < -0.3 is 10.0 Å². The number of nitrogens with zero attached hydrogens (tertiary/aromatic N) is 4. The molecule has 1 amide bonds. The lowest BCUT2D eigenvalue weighted by atomic mass is 9.98. The first kappa shape index (κ1) is 13.0. The van der Waals surface area contributed by atoms with Crippen LogP contribution in [0.15, 0.2) is 24.5 Å². The van der Waals surface area contributed by atoms with Gasteiger partial charge in [-0.1, -0.05) is 11.3 Å². The second-order valence-electron chi connectivity index (χ2n) is 4.73. The van der Waals surface area contributed by atoms with Crippen molar-refractivity contribution in [1.82, 2.24) is 20.1 Å². The molecule has 0 saturated carbocycles. The molecular formula is C13H14N4O2S. The molecule has 0 radical (unpaired) electrons. The molecule has 0 atom stereocenters. The summed E-state index contributed by atoms with van der Waals surface area (Å²) in [5, 5.41) is 19.3. The molecular weight excluding hydrogens is 276 g/mol. The van der Waals surface area contributed by atoms with Gasteiger partial charge in [0.2, 0.25) is 0 Å². The highest BCUT2D eigenvalue weighted by Crippen LogP contribution is 2.33. The van der Waals surface area contributed by atoms with Crippen LogP contribution in [-0.2, 0) is 0 Å². The van der Waals surface area contributed by atoms with Gasteiger partial charge in [0.25, 0.3) is 0 Å². The largest absolute Gasteiger partial charge is 0.465 e. The lowest BCUT2D eigenvalue weighted by Gasteiger charge is -2.28. The van der Waals surface area contributed by atoms with E-state index in [0.29, 0.717) is 19.0 Å². The van der Waals surface area contributed by atoms with E-state index in [2.05, 4.69) is 15.2 Å². The highest BCUT2D eigenvalue weighted by molar-refractivity contribution is 7.14. The third kappa shape index (κ3) is 2.62. The van der Waals surface area contributed by atoms with Crippen LogP contribution in [0.25, 0.3) is 10.6 Å². The van der Waals surface area contributed by atoms with Crippen LogP contribution in [0.3, 0.4) is 0 Å². The van der Waals surface area contributed by atoms with Crippen LogP contribution >= 0.6 is 11.3 Å². The Kier molecular flexibility index (Phi) is 3.60. The minimum atomic E-state index is -0.836. The van der Waals surface area contributed by atoms with Crippen LogP contribution in [0.4, 0.5) is 4.79 Å². The van der Waals surface area contributed by atoms with Crippen molar-refractivity contribution in [3.05, 3.63) is 29.5 Å².